The number of aliphatic hydroxyl groups is 1. The Hall–Kier alpha value is -0.163. The summed E-state index contributed by atoms with van der Waals surface area (Å²) in [5.41, 5.74) is 1.66. The fourth-order valence-corrected chi connectivity index (χ4v) is 9.73. The van der Waals surface area contributed by atoms with E-state index in [9.17, 15) is 5.11 Å². The van der Waals surface area contributed by atoms with E-state index in [2.05, 4.69) is 48.5 Å². The SMILES string of the molecule is C/C=C\[C@@H](C)[C@H](O)[C@H](C)[C@H](CO[Si](C(C)C)(C(C)C)C(C)C)OC. The molecule has 0 radical (unpaired) electrons. The summed E-state index contributed by atoms with van der Waals surface area (Å²) < 4.78 is 12.4. The average molecular weight is 359 g/mol. The Balaban J connectivity index is 5.17. The van der Waals surface area contributed by atoms with E-state index in [1.165, 1.54) is 0 Å². The average Bonchev–Trinajstić information content (AvgIpc) is 2.49. The van der Waals surface area contributed by atoms with E-state index in [0.29, 0.717) is 23.2 Å². The summed E-state index contributed by atoms with van der Waals surface area (Å²) in [6.45, 7) is 20.4. The first-order chi connectivity index (χ1) is 11.1. The van der Waals surface area contributed by atoms with Crippen LogP contribution >= 0.6 is 0 Å². The molecule has 0 rings (SSSR count). The lowest BCUT2D eigenvalue weighted by Crippen LogP contribution is -2.50. The summed E-state index contributed by atoms with van der Waals surface area (Å²) >= 11 is 0. The maximum Gasteiger partial charge on any atom is 0.200 e. The molecule has 0 aliphatic carbocycles. The molecule has 4 atom stereocenters. The van der Waals surface area contributed by atoms with Crippen LogP contribution in [0, 0.1) is 11.8 Å². The van der Waals surface area contributed by atoms with Crippen molar-refractivity contribution >= 4 is 8.32 Å². The van der Waals surface area contributed by atoms with E-state index in [-0.39, 0.29) is 17.9 Å². The number of allylic oxidation sites excluding steroid dienone is 1. The molecule has 0 saturated heterocycles. The summed E-state index contributed by atoms with van der Waals surface area (Å²) in [6, 6.07) is 0. The van der Waals surface area contributed by atoms with Gasteiger partial charge in [0.2, 0.25) is 0 Å². The Bertz CT molecular complexity index is 344. The molecule has 0 unspecified atom stereocenters. The Morgan fingerprint density at radius 1 is 0.917 bits per heavy atom. The molecular formula is C20H42O3Si. The Kier molecular flexibility index (Phi) is 10.7. The molecule has 4 heteroatoms. The second-order valence-electron chi connectivity index (χ2n) is 8.14. The molecule has 0 spiro atoms. The van der Waals surface area contributed by atoms with Crippen molar-refractivity contribution in [3.8, 4) is 0 Å². The van der Waals surface area contributed by atoms with Gasteiger partial charge in [-0.2, -0.15) is 0 Å². The van der Waals surface area contributed by atoms with Crippen LogP contribution in [0.4, 0.5) is 0 Å². The van der Waals surface area contributed by atoms with E-state index in [1.807, 2.05) is 26.0 Å². The summed E-state index contributed by atoms with van der Waals surface area (Å²) in [7, 11) is -0.182. The minimum atomic E-state index is -1.91. The first-order valence-electron chi connectivity index (χ1n) is 9.53. The quantitative estimate of drug-likeness (QED) is 0.397. The number of aliphatic hydroxyl groups excluding tert-OH is 1. The Labute approximate surface area is 152 Å². The topological polar surface area (TPSA) is 38.7 Å². The van der Waals surface area contributed by atoms with Crippen molar-refractivity contribution in [2.75, 3.05) is 13.7 Å². The molecule has 0 aromatic carbocycles. The summed E-state index contributed by atoms with van der Waals surface area (Å²) in [5, 5.41) is 10.6. The van der Waals surface area contributed by atoms with Crippen LogP contribution in [0.25, 0.3) is 0 Å². The zero-order valence-corrected chi connectivity index (χ0v) is 18.7. The van der Waals surface area contributed by atoms with Gasteiger partial charge in [0, 0.05) is 18.9 Å². The van der Waals surface area contributed by atoms with Gasteiger partial charge in [0.25, 0.3) is 0 Å². The largest absolute Gasteiger partial charge is 0.413 e. The smallest absolute Gasteiger partial charge is 0.200 e. The molecule has 0 aliphatic rings. The van der Waals surface area contributed by atoms with Crippen molar-refractivity contribution in [1.82, 2.24) is 0 Å². The zero-order chi connectivity index (χ0) is 19.1. The predicted molar refractivity (Wildman–Crippen MR) is 107 cm³/mol. The summed E-state index contributed by atoms with van der Waals surface area (Å²) in [6.07, 6.45) is 3.52. The van der Waals surface area contributed by atoms with E-state index in [4.69, 9.17) is 9.16 Å². The first-order valence-corrected chi connectivity index (χ1v) is 11.7. The molecule has 0 aromatic heterocycles. The molecule has 1 N–H and O–H groups in total. The Morgan fingerprint density at radius 2 is 1.38 bits per heavy atom. The van der Waals surface area contributed by atoms with Crippen LogP contribution in [0.5, 0.6) is 0 Å². The van der Waals surface area contributed by atoms with Crippen molar-refractivity contribution in [3.63, 3.8) is 0 Å². The standard InChI is InChI=1S/C20H42O3Si/c1-11-12-17(8)20(21)18(9)19(22-10)13-23-24(14(2)3,15(4)5)16(6)7/h11-12,14-21H,13H2,1-10H3/b12-11-/t17-,18-,19+,20+/m1/s1. The van der Waals surface area contributed by atoms with Gasteiger partial charge in [-0.3, -0.25) is 0 Å². The van der Waals surface area contributed by atoms with Gasteiger partial charge in [0.1, 0.15) is 0 Å². The number of ether oxygens (including phenoxy) is 1. The van der Waals surface area contributed by atoms with Gasteiger partial charge < -0.3 is 14.3 Å². The normalized spacial score (nSPS) is 18.6. The van der Waals surface area contributed by atoms with Crippen molar-refractivity contribution in [2.45, 2.75) is 91.1 Å². The number of hydrogen-bond donors (Lipinski definition) is 1. The maximum atomic E-state index is 10.6. The molecule has 0 fully saturated rings. The zero-order valence-electron chi connectivity index (χ0n) is 17.7. The minimum Gasteiger partial charge on any atom is -0.413 e. The monoisotopic (exact) mass is 358 g/mol. The van der Waals surface area contributed by atoms with Gasteiger partial charge in [-0.25, -0.2) is 0 Å². The lowest BCUT2D eigenvalue weighted by molar-refractivity contribution is -0.0415. The van der Waals surface area contributed by atoms with Crippen molar-refractivity contribution in [1.29, 1.82) is 0 Å². The molecule has 0 bridgehead atoms. The van der Waals surface area contributed by atoms with Gasteiger partial charge in [0.05, 0.1) is 18.8 Å². The molecule has 0 aliphatic heterocycles. The lowest BCUT2D eigenvalue weighted by atomic mass is 9.89. The van der Waals surface area contributed by atoms with Gasteiger partial charge in [-0.1, -0.05) is 67.5 Å². The fourth-order valence-electron chi connectivity index (χ4n) is 4.28. The summed E-state index contributed by atoms with van der Waals surface area (Å²) in [5.74, 6) is 0.143. The van der Waals surface area contributed by atoms with E-state index in [1.54, 1.807) is 7.11 Å². The molecule has 3 nitrogen and oxygen atoms in total. The molecule has 0 saturated carbocycles. The minimum absolute atomic E-state index is 0.0272. The predicted octanol–water partition coefficient (Wildman–Crippen LogP) is 5.40. The highest BCUT2D eigenvalue weighted by atomic mass is 28.4. The second-order valence-corrected chi connectivity index (χ2v) is 13.6. The number of methoxy groups -OCH3 is 1. The highest BCUT2D eigenvalue weighted by molar-refractivity contribution is 6.77. The third-order valence-corrected chi connectivity index (χ3v) is 11.7. The highest BCUT2D eigenvalue weighted by Gasteiger charge is 2.45. The maximum absolute atomic E-state index is 10.6. The van der Waals surface area contributed by atoms with Crippen molar-refractivity contribution in [3.05, 3.63) is 12.2 Å². The molecule has 0 aromatic rings. The van der Waals surface area contributed by atoms with Crippen LogP contribution in [-0.2, 0) is 9.16 Å². The third kappa shape index (κ3) is 5.69. The van der Waals surface area contributed by atoms with Crippen LogP contribution in [0.2, 0.25) is 16.6 Å². The molecule has 0 amide bonds. The Morgan fingerprint density at radius 3 is 1.71 bits per heavy atom. The molecular weight excluding hydrogens is 316 g/mol. The second kappa shape index (κ2) is 10.7. The van der Waals surface area contributed by atoms with Crippen LogP contribution < -0.4 is 0 Å². The van der Waals surface area contributed by atoms with E-state index in [0.717, 1.165) is 0 Å². The van der Waals surface area contributed by atoms with Crippen LogP contribution in [0.1, 0.15) is 62.3 Å². The van der Waals surface area contributed by atoms with E-state index < -0.39 is 14.4 Å². The van der Waals surface area contributed by atoms with Crippen molar-refractivity contribution in [2.24, 2.45) is 11.8 Å². The van der Waals surface area contributed by atoms with E-state index >= 15 is 0 Å². The molecule has 24 heavy (non-hydrogen) atoms. The van der Waals surface area contributed by atoms with Gasteiger partial charge in [-0.05, 0) is 23.5 Å². The van der Waals surface area contributed by atoms with Crippen LogP contribution in [0.15, 0.2) is 12.2 Å². The third-order valence-electron chi connectivity index (χ3n) is 5.67. The lowest BCUT2D eigenvalue weighted by Gasteiger charge is -2.43. The van der Waals surface area contributed by atoms with Gasteiger partial charge >= 0.3 is 0 Å². The van der Waals surface area contributed by atoms with Crippen molar-refractivity contribution < 1.29 is 14.3 Å². The first kappa shape index (κ1) is 23.8. The summed E-state index contributed by atoms with van der Waals surface area (Å²) in [4.78, 5) is 0. The number of rotatable bonds is 11. The van der Waals surface area contributed by atoms with Gasteiger partial charge in [-0.15, -0.1) is 0 Å². The highest BCUT2D eigenvalue weighted by Crippen LogP contribution is 2.42. The molecule has 144 valence electrons. The fraction of sp³-hybridized carbons (Fsp3) is 0.900. The van der Waals surface area contributed by atoms with Crippen LogP contribution in [-0.4, -0.2) is 39.3 Å². The molecule has 0 heterocycles. The number of hydrogen-bond acceptors (Lipinski definition) is 3. The van der Waals surface area contributed by atoms with Gasteiger partial charge in [0.15, 0.2) is 8.32 Å². The van der Waals surface area contributed by atoms with Crippen LogP contribution in [0.3, 0.4) is 0 Å².